The first-order valence-corrected chi connectivity index (χ1v) is 11.2. The molecule has 0 radical (unpaired) electrons. The number of benzene rings is 3. The molecule has 1 aliphatic rings. The van der Waals surface area contributed by atoms with E-state index >= 15 is 0 Å². The number of hydrogen-bond acceptors (Lipinski definition) is 4. The van der Waals surface area contributed by atoms with Crippen molar-refractivity contribution in [2.45, 2.75) is 12.3 Å². The molecule has 0 bridgehead atoms. The molecular formula is C28H24N2O5. The summed E-state index contributed by atoms with van der Waals surface area (Å²) in [5.74, 6) is 2.71. The molecule has 0 aromatic heterocycles. The third kappa shape index (κ3) is 5.87. The van der Waals surface area contributed by atoms with E-state index in [1.54, 1.807) is 24.3 Å². The maximum Gasteiger partial charge on any atom is 0.407 e. The van der Waals surface area contributed by atoms with Crippen LogP contribution in [0.15, 0.2) is 72.8 Å². The van der Waals surface area contributed by atoms with Crippen LogP contribution in [0.2, 0.25) is 0 Å². The topological polar surface area (TPSA) is 105 Å². The van der Waals surface area contributed by atoms with Crippen molar-refractivity contribution < 1.29 is 24.2 Å². The Labute approximate surface area is 203 Å². The van der Waals surface area contributed by atoms with Crippen LogP contribution in [-0.2, 0) is 16.0 Å². The first kappa shape index (κ1) is 23.6. The quantitative estimate of drug-likeness (QED) is 0.460. The highest BCUT2D eigenvalue weighted by Gasteiger charge is 2.28. The number of carbonyl (C=O) groups is 3. The second-order valence-corrected chi connectivity index (χ2v) is 7.99. The summed E-state index contributed by atoms with van der Waals surface area (Å²) in [6.45, 7) is 0.616. The number of carboxylic acids is 1. The number of carboxylic acid groups (broad SMARTS) is 1. The summed E-state index contributed by atoms with van der Waals surface area (Å²) in [6, 6.07) is 23.3. The van der Waals surface area contributed by atoms with E-state index in [-0.39, 0.29) is 25.0 Å². The lowest BCUT2D eigenvalue weighted by Crippen LogP contribution is -2.28. The molecule has 0 saturated heterocycles. The molecule has 0 saturated carbocycles. The molecule has 7 heteroatoms. The second-order valence-electron chi connectivity index (χ2n) is 7.99. The molecule has 0 spiro atoms. The van der Waals surface area contributed by atoms with Crippen molar-refractivity contribution in [3.8, 4) is 23.0 Å². The molecule has 3 aromatic carbocycles. The number of hydrogen-bond donors (Lipinski definition) is 3. The normalized spacial score (nSPS) is 11.4. The Hall–Kier alpha value is -4.57. The SMILES string of the molecule is O=C(O)C#CCNC(=O)c1ccc(CCNC(=O)OCC2c3ccccc3-c3ccccc32)cc1. The van der Waals surface area contributed by atoms with Crippen molar-refractivity contribution in [3.63, 3.8) is 0 Å². The van der Waals surface area contributed by atoms with E-state index in [0.29, 0.717) is 18.5 Å². The number of rotatable bonds is 7. The lowest BCUT2D eigenvalue weighted by Gasteiger charge is -2.14. The van der Waals surface area contributed by atoms with Crippen LogP contribution in [0.25, 0.3) is 11.1 Å². The Bertz CT molecular complexity index is 1260. The highest BCUT2D eigenvalue weighted by Crippen LogP contribution is 2.44. The molecule has 0 fully saturated rings. The van der Waals surface area contributed by atoms with Gasteiger partial charge in [-0.25, -0.2) is 9.59 Å². The van der Waals surface area contributed by atoms with E-state index in [2.05, 4.69) is 40.8 Å². The smallest absolute Gasteiger partial charge is 0.407 e. The molecule has 1 aliphatic carbocycles. The standard InChI is InChI=1S/C28H24N2O5/c31-26(32)10-5-16-29-27(33)20-13-11-19(12-14-20)15-17-30-28(34)35-18-25-23-8-3-1-6-21(23)22-7-2-4-9-24(22)25/h1-4,6-9,11-14,25H,15-18H2,(H,29,33)(H,30,34)(H,31,32). The van der Waals surface area contributed by atoms with Gasteiger partial charge in [-0.05, 0) is 46.4 Å². The predicted molar refractivity (Wildman–Crippen MR) is 131 cm³/mol. The van der Waals surface area contributed by atoms with Gasteiger partial charge in [0.15, 0.2) is 0 Å². The van der Waals surface area contributed by atoms with Crippen LogP contribution in [0.5, 0.6) is 0 Å². The number of aliphatic carboxylic acids is 1. The van der Waals surface area contributed by atoms with E-state index in [4.69, 9.17) is 9.84 Å². The van der Waals surface area contributed by atoms with Crippen molar-refractivity contribution in [2.75, 3.05) is 19.7 Å². The fraction of sp³-hybridized carbons (Fsp3) is 0.179. The van der Waals surface area contributed by atoms with Gasteiger partial charge in [-0.15, -0.1) is 0 Å². The largest absolute Gasteiger partial charge is 0.472 e. The fourth-order valence-corrected chi connectivity index (χ4v) is 4.13. The zero-order valence-corrected chi connectivity index (χ0v) is 18.9. The number of nitrogens with one attached hydrogen (secondary N) is 2. The zero-order valence-electron chi connectivity index (χ0n) is 18.9. The molecule has 0 heterocycles. The number of ether oxygens (including phenoxy) is 1. The van der Waals surface area contributed by atoms with E-state index < -0.39 is 12.1 Å². The molecule has 2 amide bonds. The molecule has 35 heavy (non-hydrogen) atoms. The minimum atomic E-state index is -1.24. The van der Waals surface area contributed by atoms with E-state index in [0.717, 1.165) is 5.56 Å². The third-order valence-electron chi connectivity index (χ3n) is 5.78. The van der Waals surface area contributed by atoms with Crippen molar-refractivity contribution in [1.29, 1.82) is 0 Å². The van der Waals surface area contributed by atoms with E-state index in [1.165, 1.54) is 22.3 Å². The van der Waals surface area contributed by atoms with E-state index in [1.807, 2.05) is 30.2 Å². The molecular weight excluding hydrogens is 444 g/mol. The highest BCUT2D eigenvalue weighted by atomic mass is 16.5. The first-order chi connectivity index (χ1) is 17.0. The maximum atomic E-state index is 12.3. The van der Waals surface area contributed by atoms with Crippen LogP contribution in [-0.4, -0.2) is 42.8 Å². The summed E-state index contributed by atoms with van der Waals surface area (Å²) < 4.78 is 5.54. The van der Waals surface area contributed by atoms with Gasteiger partial charge >= 0.3 is 12.1 Å². The summed E-state index contributed by atoms with van der Waals surface area (Å²) >= 11 is 0. The molecule has 7 nitrogen and oxygen atoms in total. The van der Waals surface area contributed by atoms with Crippen LogP contribution in [0.1, 0.15) is 33.0 Å². The van der Waals surface area contributed by atoms with Crippen molar-refractivity contribution in [3.05, 3.63) is 95.1 Å². The molecule has 0 unspecified atom stereocenters. The number of alkyl carbamates (subject to hydrolysis) is 1. The van der Waals surface area contributed by atoms with Gasteiger partial charge in [0.25, 0.3) is 5.91 Å². The lowest BCUT2D eigenvalue weighted by molar-refractivity contribution is -0.130. The Morgan fingerprint density at radius 2 is 1.49 bits per heavy atom. The molecule has 3 aromatic rings. The number of carbonyl (C=O) groups excluding carboxylic acids is 2. The Balaban J connectivity index is 1.23. The van der Waals surface area contributed by atoms with Crippen molar-refractivity contribution >= 4 is 18.0 Å². The summed E-state index contributed by atoms with van der Waals surface area (Å²) in [5.41, 5.74) is 6.09. The molecule has 176 valence electrons. The Kier molecular flexibility index (Phi) is 7.44. The molecule has 4 rings (SSSR count). The van der Waals surface area contributed by atoms with Gasteiger partial charge in [-0.3, -0.25) is 4.79 Å². The van der Waals surface area contributed by atoms with Gasteiger partial charge in [-0.2, -0.15) is 0 Å². The van der Waals surface area contributed by atoms with E-state index in [9.17, 15) is 14.4 Å². The lowest BCUT2D eigenvalue weighted by atomic mass is 9.98. The maximum absolute atomic E-state index is 12.3. The van der Waals surface area contributed by atoms with Gasteiger partial charge in [0, 0.05) is 23.9 Å². The van der Waals surface area contributed by atoms with Crippen molar-refractivity contribution in [1.82, 2.24) is 10.6 Å². The Morgan fingerprint density at radius 3 is 2.11 bits per heavy atom. The summed E-state index contributed by atoms with van der Waals surface area (Å²) in [7, 11) is 0. The highest BCUT2D eigenvalue weighted by molar-refractivity contribution is 5.94. The fourth-order valence-electron chi connectivity index (χ4n) is 4.13. The average Bonchev–Trinajstić information content (AvgIpc) is 3.19. The van der Waals surface area contributed by atoms with Crippen LogP contribution >= 0.6 is 0 Å². The van der Waals surface area contributed by atoms with Crippen LogP contribution in [0, 0.1) is 11.8 Å². The zero-order chi connectivity index (χ0) is 24.6. The summed E-state index contributed by atoms with van der Waals surface area (Å²) in [5, 5.41) is 13.8. The molecule has 0 aliphatic heterocycles. The third-order valence-corrected chi connectivity index (χ3v) is 5.78. The van der Waals surface area contributed by atoms with Gasteiger partial charge < -0.3 is 20.5 Å². The van der Waals surface area contributed by atoms with Crippen LogP contribution in [0.3, 0.4) is 0 Å². The van der Waals surface area contributed by atoms with Gasteiger partial charge in [0.1, 0.15) is 6.61 Å². The van der Waals surface area contributed by atoms with Gasteiger partial charge in [0.2, 0.25) is 0 Å². The molecule has 0 atom stereocenters. The minimum absolute atomic E-state index is 0.0157. The molecule has 3 N–H and O–H groups in total. The average molecular weight is 469 g/mol. The summed E-state index contributed by atoms with van der Waals surface area (Å²) in [4.78, 5) is 34.7. The monoisotopic (exact) mass is 468 g/mol. The number of amides is 2. The minimum Gasteiger partial charge on any atom is -0.472 e. The van der Waals surface area contributed by atoms with Crippen LogP contribution in [0.4, 0.5) is 4.79 Å². The first-order valence-electron chi connectivity index (χ1n) is 11.2. The predicted octanol–water partition coefficient (Wildman–Crippen LogP) is 3.59. The Morgan fingerprint density at radius 1 is 0.857 bits per heavy atom. The van der Waals surface area contributed by atoms with Crippen molar-refractivity contribution in [2.24, 2.45) is 0 Å². The summed E-state index contributed by atoms with van der Waals surface area (Å²) in [6.07, 6.45) is 0.112. The van der Waals surface area contributed by atoms with Gasteiger partial charge in [-0.1, -0.05) is 66.6 Å². The second kappa shape index (κ2) is 11.0. The van der Waals surface area contributed by atoms with Crippen LogP contribution < -0.4 is 10.6 Å². The number of fused-ring (bicyclic) bond motifs is 3. The van der Waals surface area contributed by atoms with Gasteiger partial charge in [0.05, 0.1) is 6.54 Å².